The Morgan fingerprint density at radius 3 is 2.93 bits per heavy atom. The molecule has 1 aromatic heterocycles. The van der Waals surface area contributed by atoms with E-state index in [0.29, 0.717) is 12.5 Å². The summed E-state index contributed by atoms with van der Waals surface area (Å²) in [5, 5.41) is 8.69. The van der Waals surface area contributed by atoms with Crippen LogP contribution in [0.3, 0.4) is 0 Å². The van der Waals surface area contributed by atoms with Gasteiger partial charge < -0.3 is 0 Å². The Labute approximate surface area is 91.4 Å². The molecule has 0 aliphatic carbocycles. The van der Waals surface area contributed by atoms with Gasteiger partial charge >= 0.3 is 0 Å². The zero-order chi connectivity index (χ0) is 11.1. The lowest BCUT2D eigenvalue weighted by Crippen LogP contribution is -2.30. The zero-order valence-corrected chi connectivity index (χ0v) is 9.35. The first-order valence-corrected chi connectivity index (χ1v) is 5.24. The van der Waals surface area contributed by atoms with E-state index in [1.165, 1.54) is 5.56 Å². The van der Waals surface area contributed by atoms with Gasteiger partial charge in [-0.25, -0.2) is 0 Å². The monoisotopic (exact) mass is 203 g/mol. The maximum absolute atomic E-state index is 8.69. The average Bonchev–Trinajstić information content (AvgIpc) is 2.27. The maximum Gasteiger partial charge on any atom is 0.0638 e. The van der Waals surface area contributed by atoms with Gasteiger partial charge in [0.1, 0.15) is 0 Å². The number of rotatable bonds is 5. The fourth-order valence-corrected chi connectivity index (χ4v) is 1.63. The zero-order valence-electron chi connectivity index (χ0n) is 9.35. The van der Waals surface area contributed by atoms with Crippen LogP contribution in [-0.4, -0.2) is 23.0 Å². The molecule has 1 unspecified atom stereocenters. The molecule has 0 bridgehead atoms. The van der Waals surface area contributed by atoms with Gasteiger partial charge in [0.15, 0.2) is 0 Å². The minimum Gasteiger partial charge on any atom is -0.298 e. The van der Waals surface area contributed by atoms with Crippen molar-refractivity contribution in [1.82, 2.24) is 9.88 Å². The summed E-state index contributed by atoms with van der Waals surface area (Å²) in [4.78, 5) is 6.29. The summed E-state index contributed by atoms with van der Waals surface area (Å²) in [6, 6.07) is 6.57. The van der Waals surface area contributed by atoms with Crippen molar-refractivity contribution in [2.24, 2.45) is 0 Å². The smallest absolute Gasteiger partial charge is 0.0638 e. The predicted octanol–water partition coefficient (Wildman–Crippen LogP) is 2.21. The molecule has 0 aliphatic rings. The quantitative estimate of drug-likeness (QED) is 0.736. The lowest BCUT2D eigenvalue weighted by molar-refractivity contribution is 0.230. The van der Waals surface area contributed by atoms with E-state index in [-0.39, 0.29) is 0 Å². The Kier molecular flexibility index (Phi) is 4.79. The highest BCUT2D eigenvalue weighted by molar-refractivity contribution is 5.08. The molecule has 1 heterocycles. The van der Waals surface area contributed by atoms with E-state index in [9.17, 15) is 0 Å². The van der Waals surface area contributed by atoms with Gasteiger partial charge in [-0.15, -0.1) is 0 Å². The third-order valence-electron chi connectivity index (χ3n) is 2.58. The number of hydrogen-bond donors (Lipinski definition) is 0. The van der Waals surface area contributed by atoms with Crippen LogP contribution in [0.4, 0.5) is 0 Å². The van der Waals surface area contributed by atoms with Crippen LogP contribution in [0.15, 0.2) is 24.5 Å². The molecule has 3 nitrogen and oxygen atoms in total. The number of pyridine rings is 1. The van der Waals surface area contributed by atoms with Crippen molar-refractivity contribution in [3.63, 3.8) is 0 Å². The molecule has 1 atom stereocenters. The van der Waals surface area contributed by atoms with Crippen LogP contribution in [0.25, 0.3) is 0 Å². The van der Waals surface area contributed by atoms with Crippen LogP contribution in [0, 0.1) is 11.3 Å². The van der Waals surface area contributed by atoms with Gasteiger partial charge in [0.2, 0.25) is 0 Å². The SMILES string of the molecule is CCC(CC#N)N(C)Cc1cccnc1. The van der Waals surface area contributed by atoms with Gasteiger partial charge in [-0.1, -0.05) is 13.0 Å². The molecule has 15 heavy (non-hydrogen) atoms. The first-order chi connectivity index (χ1) is 7.27. The van der Waals surface area contributed by atoms with Crippen molar-refractivity contribution in [2.75, 3.05) is 7.05 Å². The Hall–Kier alpha value is -1.40. The van der Waals surface area contributed by atoms with E-state index in [4.69, 9.17) is 5.26 Å². The highest BCUT2D eigenvalue weighted by Crippen LogP contribution is 2.10. The fourth-order valence-electron chi connectivity index (χ4n) is 1.63. The largest absolute Gasteiger partial charge is 0.298 e. The fraction of sp³-hybridized carbons (Fsp3) is 0.500. The van der Waals surface area contributed by atoms with Crippen molar-refractivity contribution >= 4 is 0 Å². The normalized spacial score (nSPS) is 12.4. The Bertz CT molecular complexity index is 315. The molecule has 0 amide bonds. The molecule has 0 aliphatic heterocycles. The summed E-state index contributed by atoms with van der Waals surface area (Å²) < 4.78 is 0. The molecule has 0 spiro atoms. The van der Waals surface area contributed by atoms with E-state index in [1.54, 1.807) is 6.20 Å². The summed E-state index contributed by atoms with van der Waals surface area (Å²) >= 11 is 0. The van der Waals surface area contributed by atoms with E-state index < -0.39 is 0 Å². The third-order valence-corrected chi connectivity index (χ3v) is 2.58. The molecular formula is C12H17N3. The summed E-state index contributed by atoms with van der Waals surface area (Å²) in [7, 11) is 2.05. The van der Waals surface area contributed by atoms with E-state index in [1.807, 2.05) is 12.3 Å². The van der Waals surface area contributed by atoms with Gasteiger partial charge in [0.25, 0.3) is 0 Å². The lowest BCUT2D eigenvalue weighted by atomic mass is 10.1. The van der Waals surface area contributed by atoms with Crippen molar-refractivity contribution in [2.45, 2.75) is 32.4 Å². The summed E-state index contributed by atoms with van der Waals surface area (Å²) in [5.41, 5.74) is 1.19. The molecular weight excluding hydrogens is 186 g/mol. The second-order valence-electron chi connectivity index (χ2n) is 3.70. The van der Waals surface area contributed by atoms with Crippen molar-refractivity contribution in [1.29, 1.82) is 5.26 Å². The molecule has 0 radical (unpaired) electrons. The summed E-state index contributed by atoms with van der Waals surface area (Å²) in [6.45, 7) is 2.97. The van der Waals surface area contributed by atoms with Gasteiger partial charge in [-0.3, -0.25) is 9.88 Å². The number of aromatic nitrogens is 1. The molecule has 0 saturated carbocycles. The van der Waals surface area contributed by atoms with Crippen LogP contribution in [0.5, 0.6) is 0 Å². The second kappa shape index (κ2) is 6.15. The average molecular weight is 203 g/mol. The molecule has 80 valence electrons. The van der Waals surface area contributed by atoms with Crippen LogP contribution < -0.4 is 0 Å². The molecule has 0 N–H and O–H groups in total. The van der Waals surface area contributed by atoms with Crippen molar-refractivity contribution in [3.05, 3.63) is 30.1 Å². The predicted molar refractivity (Wildman–Crippen MR) is 60.0 cm³/mol. The molecule has 3 heteroatoms. The van der Waals surface area contributed by atoms with Crippen molar-refractivity contribution in [3.8, 4) is 6.07 Å². The number of nitriles is 1. The summed E-state index contributed by atoms with van der Waals surface area (Å²) in [6.07, 6.45) is 5.24. The molecule has 0 fully saturated rings. The molecule has 1 rings (SSSR count). The lowest BCUT2D eigenvalue weighted by Gasteiger charge is -2.24. The molecule has 0 aromatic carbocycles. The van der Waals surface area contributed by atoms with E-state index in [0.717, 1.165) is 13.0 Å². The minimum absolute atomic E-state index is 0.343. The van der Waals surface area contributed by atoms with Crippen LogP contribution in [0.1, 0.15) is 25.3 Å². The van der Waals surface area contributed by atoms with E-state index >= 15 is 0 Å². The van der Waals surface area contributed by atoms with Crippen molar-refractivity contribution < 1.29 is 0 Å². The van der Waals surface area contributed by atoms with E-state index in [2.05, 4.69) is 36.0 Å². The maximum atomic E-state index is 8.69. The van der Waals surface area contributed by atoms with Crippen LogP contribution >= 0.6 is 0 Å². The summed E-state index contributed by atoms with van der Waals surface area (Å²) in [5.74, 6) is 0. The molecule has 1 aromatic rings. The third kappa shape index (κ3) is 3.69. The Balaban J connectivity index is 2.54. The molecule has 0 saturated heterocycles. The first-order valence-electron chi connectivity index (χ1n) is 5.24. The highest BCUT2D eigenvalue weighted by atomic mass is 15.1. The number of nitrogens with zero attached hydrogens (tertiary/aromatic N) is 3. The van der Waals surface area contributed by atoms with Gasteiger partial charge in [-0.2, -0.15) is 5.26 Å². The second-order valence-corrected chi connectivity index (χ2v) is 3.70. The highest BCUT2D eigenvalue weighted by Gasteiger charge is 2.12. The van der Waals surface area contributed by atoms with Gasteiger partial charge in [0, 0.05) is 25.0 Å². The first kappa shape index (κ1) is 11.7. The Morgan fingerprint density at radius 2 is 2.40 bits per heavy atom. The Morgan fingerprint density at radius 1 is 1.60 bits per heavy atom. The number of hydrogen-bond acceptors (Lipinski definition) is 3. The van der Waals surface area contributed by atoms with Gasteiger partial charge in [-0.05, 0) is 25.1 Å². The van der Waals surface area contributed by atoms with Gasteiger partial charge in [0.05, 0.1) is 12.5 Å². The van der Waals surface area contributed by atoms with Crippen LogP contribution in [-0.2, 0) is 6.54 Å². The topological polar surface area (TPSA) is 39.9 Å². The standard InChI is InChI=1S/C12H17N3/c1-3-12(6-7-13)15(2)10-11-5-4-8-14-9-11/h4-5,8-9,12H,3,6,10H2,1-2H3. The minimum atomic E-state index is 0.343. The van der Waals surface area contributed by atoms with Crippen LogP contribution in [0.2, 0.25) is 0 Å².